The minimum atomic E-state index is 0. The first-order chi connectivity index (χ1) is 9.53. The Labute approximate surface area is 143 Å². The first-order valence-electron chi connectivity index (χ1n) is 6.67. The van der Waals surface area contributed by atoms with Gasteiger partial charge in [0.25, 0.3) is 0 Å². The number of aryl methyl sites for hydroxylation is 2. The van der Waals surface area contributed by atoms with Crippen LogP contribution in [-0.2, 0) is 24.8 Å². The summed E-state index contributed by atoms with van der Waals surface area (Å²) >= 11 is 0. The number of halogens is 1. The Bertz CT molecular complexity index is 462. The van der Waals surface area contributed by atoms with Crippen LogP contribution in [-0.4, -0.2) is 42.6 Å². The van der Waals surface area contributed by atoms with Crippen molar-refractivity contribution in [3.63, 3.8) is 0 Å². The Hall–Kier alpha value is -1.03. The Morgan fingerprint density at radius 3 is 2.67 bits per heavy atom. The van der Waals surface area contributed by atoms with Crippen molar-refractivity contribution in [2.75, 3.05) is 20.8 Å². The zero-order valence-electron chi connectivity index (χ0n) is 13.3. The van der Waals surface area contributed by atoms with E-state index in [1.807, 2.05) is 14.0 Å². The van der Waals surface area contributed by atoms with Crippen LogP contribution in [0.3, 0.4) is 0 Å². The third-order valence-corrected chi connectivity index (χ3v) is 2.92. The predicted molar refractivity (Wildman–Crippen MR) is 94.4 cm³/mol. The number of nitrogens with zero attached hydrogens (tertiary/aromatic N) is 3. The molecule has 1 atom stereocenters. The molecule has 0 bridgehead atoms. The number of nitrogens with one attached hydrogen (secondary N) is 1. The van der Waals surface area contributed by atoms with E-state index < -0.39 is 0 Å². The molecule has 8 heteroatoms. The van der Waals surface area contributed by atoms with Gasteiger partial charge in [0, 0.05) is 20.2 Å². The molecule has 1 heterocycles. The first kappa shape index (κ1) is 20.0. The second-order valence-corrected chi connectivity index (χ2v) is 4.61. The molecule has 0 aromatic carbocycles. The summed E-state index contributed by atoms with van der Waals surface area (Å²) in [6.45, 7) is 5.05. The first-order valence-corrected chi connectivity index (χ1v) is 6.67. The van der Waals surface area contributed by atoms with Gasteiger partial charge in [-0.3, -0.25) is 0 Å². The molecule has 0 spiro atoms. The standard InChI is InChI=1S/C13H25N5O2.HI/c1-6-11-10(12(20-5)18(3)17-11)7-15-13(14)16-9(2)8-19-4;/h9H,6-8H2,1-5H3,(H3,14,15,16);1H. The van der Waals surface area contributed by atoms with Crippen LogP contribution in [0.2, 0.25) is 0 Å². The number of aliphatic imine (C=N–C) groups is 1. The average molecular weight is 411 g/mol. The molecular weight excluding hydrogens is 385 g/mol. The lowest BCUT2D eigenvalue weighted by atomic mass is 10.2. The van der Waals surface area contributed by atoms with Gasteiger partial charge in [0.2, 0.25) is 5.88 Å². The summed E-state index contributed by atoms with van der Waals surface area (Å²) in [5.74, 6) is 1.12. The number of rotatable bonds is 7. The molecule has 1 rings (SSSR count). The average Bonchev–Trinajstić information content (AvgIpc) is 2.71. The van der Waals surface area contributed by atoms with Gasteiger partial charge in [0.1, 0.15) is 0 Å². The Morgan fingerprint density at radius 2 is 2.14 bits per heavy atom. The molecular formula is C13H26IN5O2. The summed E-state index contributed by atoms with van der Waals surface area (Å²) in [6, 6.07) is 0.116. The molecule has 0 radical (unpaired) electrons. The van der Waals surface area contributed by atoms with Crippen molar-refractivity contribution >= 4 is 29.9 Å². The SMILES string of the molecule is CCc1nn(C)c(OC)c1CN=C(N)NC(C)COC.I. The van der Waals surface area contributed by atoms with Crippen LogP contribution < -0.4 is 15.8 Å². The van der Waals surface area contributed by atoms with Crippen LogP contribution in [0.4, 0.5) is 0 Å². The molecule has 21 heavy (non-hydrogen) atoms. The van der Waals surface area contributed by atoms with Crippen molar-refractivity contribution < 1.29 is 9.47 Å². The minimum Gasteiger partial charge on any atom is -0.481 e. The van der Waals surface area contributed by atoms with Crippen molar-refractivity contribution in [1.29, 1.82) is 0 Å². The highest BCUT2D eigenvalue weighted by Crippen LogP contribution is 2.22. The van der Waals surface area contributed by atoms with Crippen LogP contribution in [0, 0.1) is 0 Å². The number of aromatic nitrogens is 2. The van der Waals surface area contributed by atoms with Crippen LogP contribution in [0.5, 0.6) is 5.88 Å². The molecule has 3 N–H and O–H groups in total. The van der Waals surface area contributed by atoms with Crippen molar-refractivity contribution in [3.8, 4) is 5.88 Å². The third kappa shape index (κ3) is 5.70. The number of ether oxygens (including phenoxy) is 2. The fraction of sp³-hybridized carbons (Fsp3) is 0.692. The van der Waals surface area contributed by atoms with Crippen LogP contribution in [0.15, 0.2) is 4.99 Å². The minimum absolute atomic E-state index is 0. The maximum absolute atomic E-state index is 5.86. The van der Waals surface area contributed by atoms with Crippen LogP contribution in [0.25, 0.3) is 0 Å². The maximum atomic E-state index is 5.86. The van der Waals surface area contributed by atoms with Gasteiger partial charge in [-0.2, -0.15) is 5.10 Å². The zero-order chi connectivity index (χ0) is 15.1. The number of methoxy groups -OCH3 is 2. The quantitative estimate of drug-likeness (QED) is 0.398. The molecule has 1 unspecified atom stereocenters. The zero-order valence-corrected chi connectivity index (χ0v) is 15.7. The Balaban J connectivity index is 0.00000400. The molecule has 0 aliphatic rings. The topological polar surface area (TPSA) is 86.7 Å². The monoisotopic (exact) mass is 411 g/mol. The lowest BCUT2D eigenvalue weighted by molar-refractivity contribution is 0.179. The van der Waals surface area contributed by atoms with Crippen molar-refractivity contribution in [2.24, 2.45) is 17.8 Å². The molecule has 122 valence electrons. The van der Waals surface area contributed by atoms with E-state index >= 15 is 0 Å². The third-order valence-electron chi connectivity index (χ3n) is 2.92. The lowest BCUT2D eigenvalue weighted by Crippen LogP contribution is -2.40. The molecule has 1 aromatic heterocycles. The van der Waals surface area contributed by atoms with Gasteiger partial charge in [-0.05, 0) is 13.3 Å². The number of hydrogen-bond donors (Lipinski definition) is 2. The van der Waals surface area contributed by atoms with Crippen LogP contribution >= 0.6 is 24.0 Å². The summed E-state index contributed by atoms with van der Waals surface area (Å²) in [6.07, 6.45) is 0.829. The van der Waals surface area contributed by atoms with E-state index in [1.165, 1.54) is 0 Å². The summed E-state index contributed by atoms with van der Waals surface area (Å²) in [5, 5.41) is 7.48. The number of hydrogen-bond acceptors (Lipinski definition) is 4. The number of nitrogens with two attached hydrogens (primary N) is 1. The van der Waals surface area contributed by atoms with Gasteiger partial charge >= 0.3 is 0 Å². The highest BCUT2D eigenvalue weighted by Gasteiger charge is 2.15. The van der Waals surface area contributed by atoms with Crippen molar-refractivity contribution in [1.82, 2.24) is 15.1 Å². The molecule has 0 amide bonds. The van der Waals surface area contributed by atoms with E-state index in [1.54, 1.807) is 18.9 Å². The van der Waals surface area contributed by atoms with Crippen LogP contribution in [0.1, 0.15) is 25.1 Å². The van der Waals surface area contributed by atoms with Gasteiger partial charge in [-0.25, -0.2) is 9.67 Å². The lowest BCUT2D eigenvalue weighted by Gasteiger charge is -2.13. The van der Waals surface area contributed by atoms with Crippen molar-refractivity contribution in [3.05, 3.63) is 11.3 Å². The molecule has 0 saturated heterocycles. The predicted octanol–water partition coefficient (Wildman–Crippen LogP) is 1.05. The Kier molecular flexibility index (Phi) is 9.34. The van der Waals surface area contributed by atoms with Gasteiger partial charge in [-0.15, -0.1) is 24.0 Å². The molecule has 0 aliphatic heterocycles. The highest BCUT2D eigenvalue weighted by molar-refractivity contribution is 14.0. The van der Waals surface area contributed by atoms with Crippen molar-refractivity contribution in [2.45, 2.75) is 32.9 Å². The fourth-order valence-electron chi connectivity index (χ4n) is 2.06. The summed E-state index contributed by atoms with van der Waals surface area (Å²) in [4.78, 5) is 4.34. The van der Waals surface area contributed by atoms with Gasteiger partial charge in [0.05, 0.1) is 31.5 Å². The molecule has 0 saturated carbocycles. The van der Waals surface area contributed by atoms with E-state index in [9.17, 15) is 0 Å². The summed E-state index contributed by atoms with van der Waals surface area (Å²) in [7, 11) is 5.14. The van der Waals surface area contributed by atoms with E-state index in [2.05, 4.69) is 22.3 Å². The molecule has 7 nitrogen and oxygen atoms in total. The van der Waals surface area contributed by atoms with E-state index in [-0.39, 0.29) is 30.0 Å². The smallest absolute Gasteiger partial charge is 0.216 e. The fourth-order valence-corrected chi connectivity index (χ4v) is 2.06. The van der Waals surface area contributed by atoms with E-state index in [4.69, 9.17) is 15.2 Å². The molecule has 0 aliphatic carbocycles. The normalized spacial score (nSPS) is 12.7. The van der Waals surface area contributed by atoms with E-state index in [0.29, 0.717) is 19.1 Å². The highest BCUT2D eigenvalue weighted by atomic mass is 127. The summed E-state index contributed by atoms with van der Waals surface area (Å²) in [5.41, 5.74) is 7.81. The second-order valence-electron chi connectivity index (χ2n) is 4.61. The second kappa shape index (κ2) is 9.82. The molecule has 1 aromatic rings. The number of guanidine groups is 1. The summed E-state index contributed by atoms with van der Waals surface area (Å²) < 4.78 is 12.1. The maximum Gasteiger partial charge on any atom is 0.216 e. The largest absolute Gasteiger partial charge is 0.481 e. The molecule has 0 fully saturated rings. The van der Waals surface area contributed by atoms with Gasteiger partial charge in [-0.1, -0.05) is 6.92 Å². The Morgan fingerprint density at radius 1 is 1.48 bits per heavy atom. The van der Waals surface area contributed by atoms with Gasteiger partial charge < -0.3 is 20.5 Å². The van der Waals surface area contributed by atoms with Gasteiger partial charge in [0.15, 0.2) is 5.96 Å². The van der Waals surface area contributed by atoms with E-state index in [0.717, 1.165) is 23.6 Å².